The summed E-state index contributed by atoms with van der Waals surface area (Å²) in [5.41, 5.74) is 0.714. The Labute approximate surface area is 141 Å². The Balaban J connectivity index is 1.79. The molecule has 132 valence electrons. The number of unbranched alkanes of at least 4 members (excludes halogenated alkanes) is 8. The van der Waals surface area contributed by atoms with E-state index in [4.69, 9.17) is 4.74 Å². The van der Waals surface area contributed by atoms with Gasteiger partial charge >= 0.3 is 0 Å². The van der Waals surface area contributed by atoms with Crippen molar-refractivity contribution < 1.29 is 9.13 Å². The van der Waals surface area contributed by atoms with Crippen molar-refractivity contribution in [2.24, 2.45) is 0 Å². The van der Waals surface area contributed by atoms with E-state index in [1.807, 2.05) is 12.1 Å². The van der Waals surface area contributed by atoms with Gasteiger partial charge in [0.15, 0.2) is 0 Å². The molecule has 2 nitrogen and oxygen atoms in total. The fourth-order valence-electron chi connectivity index (χ4n) is 2.63. The standard InChI is InChI=1S/C20H34FNO/c1-2-3-4-5-6-7-8-9-12-16-23-17-15-22-18-19-13-10-11-14-20(19)21/h10-11,13-14,22H,2-9,12,15-18H2,1H3. The summed E-state index contributed by atoms with van der Waals surface area (Å²) >= 11 is 0. The molecule has 0 aromatic heterocycles. The Morgan fingerprint density at radius 3 is 2.22 bits per heavy atom. The Bertz CT molecular complexity index is 384. The second kappa shape index (κ2) is 14.6. The van der Waals surface area contributed by atoms with Crippen molar-refractivity contribution in [1.29, 1.82) is 0 Å². The van der Waals surface area contributed by atoms with E-state index in [0.717, 1.165) is 19.6 Å². The van der Waals surface area contributed by atoms with Crippen molar-refractivity contribution in [3.8, 4) is 0 Å². The maximum absolute atomic E-state index is 13.4. The van der Waals surface area contributed by atoms with Crippen molar-refractivity contribution in [2.75, 3.05) is 19.8 Å². The summed E-state index contributed by atoms with van der Waals surface area (Å²) in [6.07, 6.45) is 12.0. The molecule has 0 aliphatic heterocycles. The SMILES string of the molecule is CCCCCCCCCCCOCCNCc1ccccc1F. The lowest BCUT2D eigenvalue weighted by atomic mass is 10.1. The van der Waals surface area contributed by atoms with Crippen molar-refractivity contribution in [1.82, 2.24) is 5.32 Å². The second-order valence-corrected chi connectivity index (χ2v) is 6.21. The van der Waals surface area contributed by atoms with Gasteiger partial charge in [-0.25, -0.2) is 4.39 Å². The average Bonchev–Trinajstić information content (AvgIpc) is 2.57. The first-order valence-electron chi connectivity index (χ1n) is 9.36. The Morgan fingerprint density at radius 2 is 1.52 bits per heavy atom. The van der Waals surface area contributed by atoms with Crippen LogP contribution in [0.1, 0.15) is 70.3 Å². The first-order valence-corrected chi connectivity index (χ1v) is 9.36. The molecule has 1 rings (SSSR count). The fourth-order valence-corrected chi connectivity index (χ4v) is 2.63. The molecule has 0 aliphatic rings. The number of halogens is 1. The van der Waals surface area contributed by atoms with Crippen LogP contribution in [0.15, 0.2) is 24.3 Å². The largest absolute Gasteiger partial charge is 0.380 e. The van der Waals surface area contributed by atoms with E-state index >= 15 is 0 Å². The zero-order valence-corrected chi connectivity index (χ0v) is 14.8. The summed E-state index contributed by atoms with van der Waals surface area (Å²) < 4.78 is 19.0. The summed E-state index contributed by atoms with van der Waals surface area (Å²) in [4.78, 5) is 0. The fraction of sp³-hybridized carbons (Fsp3) is 0.700. The first-order chi connectivity index (χ1) is 11.3. The normalized spacial score (nSPS) is 11.0. The lowest BCUT2D eigenvalue weighted by Crippen LogP contribution is -2.20. The van der Waals surface area contributed by atoms with Gasteiger partial charge in [-0.1, -0.05) is 76.5 Å². The Kier molecular flexibility index (Phi) is 12.8. The van der Waals surface area contributed by atoms with Crippen LogP contribution in [0.2, 0.25) is 0 Å². The lowest BCUT2D eigenvalue weighted by Gasteiger charge is -2.07. The molecule has 0 atom stereocenters. The summed E-state index contributed by atoms with van der Waals surface area (Å²) in [5, 5.41) is 3.21. The van der Waals surface area contributed by atoms with Gasteiger partial charge in [0.05, 0.1) is 6.61 Å². The molecule has 0 spiro atoms. The van der Waals surface area contributed by atoms with E-state index < -0.39 is 0 Å². The maximum Gasteiger partial charge on any atom is 0.127 e. The Morgan fingerprint density at radius 1 is 0.870 bits per heavy atom. The van der Waals surface area contributed by atoms with Crippen molar-refractivity contribution in [2.45, 2.75) is 71.3 Å². The van der Waals surface area contributed by atoms with E-state index in [1.165, 1.54) is 57.4 Å². The summed E-state index contributed by atoms with van der Waals surface area (Å²) in [7, 11) is 0. The molecule has 0 amide bonds. The summed E-state index contributed by atoms with van der Waals surface area (Å²) in [6, 6.07) is 6.89. The second-order valence-electron chi connectivity index (χ2n) is 6.21. The number of benzene rings is 1. The highest BCUT2D eigenvalue weighted by Crippen LogP contribution is 2.09. The highest BCUT2D eigenvalue weighted by atomic mass is 19.1. The highest BCUT2D eigenvalue weighted by molar-refractivity contribution is 5.16. The Hall–Kier alpha value is -0.930. The van der Waals surface area contributed by atoms with Crippen LogP contribution < -0.4 is 5.32 Å². The summed E-state index contributed by atoms with van der Waals surface area (Å²) in [5.74, 6) is -0.143. The van der Waals surface area contributed by atoms with E-state index in [2.05, 4.69) is 12.2 Å². The van der Waals surface area contributed by atoms with Gasteiger partial charge in [-0.05, 0) is 12.5 Å². The predicted molar refractivity (Wildman–Crippen MR) is 96.2 cm³/mol. The molecule has 0 bridgehead atoms. The van der Waals surface area contributed by atoms with Gasteiger partial charge in [0, 0.05) is 25.3 Å². The van der Waals surface area contributed by atoms with Crippen LogP contribution in [0.25, 0.3) is 0 Å². The monoisotopic (exact) mass is 323 g/mol. The molecule has 0 fully saturated rings. The predicted octanol–water partition coefficient (Wildman–Crippen LogP) is 5.46. The number of hydrogen-bond acceptors (Lipinski definition) is 2. The van der Waals surface area contributed by atoms with Crippen molar-refractivity contribution in [3.05, 3.63) is 35.6 Å². The smallest absolute Gasteiger partial charge is 0.127 e. The van der Waals surface area contributed by atoms with E-state index in [9.17, 15) is 4.39 Å². The van der Waals surface area contributed by atoms with E-state index in [0.29, 0.717) is 18.7 Å². The lowest BCUT2D eigenvalue weighted by molar-refractivity contribution is 0.131. The van der Waals surface area contributed by atoms with Crippen LogP contribution in [0.3, 0.4) is 0 Å². The molecule has 0 saturated heterocycles. The molecule has 0 aliphatic carbocycles. The van der Waals surface area contributed by atoms with E-state index in [1.54, 1.807) is 6.07 Å². The topological polar surface area (TPSA) is 21.3 Å². The zero-order valence-electron chi connectivity index (χ0n) is 14.8. The van der Waals surface area contributed by atoms with Gasteiger partial charge in [-0.2, -0.15) is 0 Å². The quantitative estimate of drug-likeness (QED) is 0.433. The average molecular weight is 323 g/mol. The molecular formula is C20H34FNO. The molecule has 23 heavy (non-hydrogen) atoms. The first kappa shape index (κ1) is 20.1. The maximum atomic E-state index is 13.4. The molecule has 3 heteroatoms. The third kappa shape index (κ3) is 11.3. The molecule has 1 aromatic rings. The molecule has 0 saturated carbocycles. The third-order valence-electron chi connectivity index (χ3n) is 4.09. The molecule has 1 N–H and O–H groups in total. The van der Waals surface area contributed by atoms with Crippen LogP contribution in [-0.4, -0.2) is 19.8 Å². The number of ether oxygens (including phenoxy) is 1. The van der Waals surface area contributed by atoms with Crippen LogP contribution in [0.5, 0.6) is 0 Å². The third-order valence-corrected chi connectivity index (χ3v) is 4.09. The van der Waals surface area contributed by atoms with Gasteiger partial charge in [0.1, 0.15) is 5.82 Å². The van der Waals surface area contributed by atoms with Gasteiger partial charge in [0.2, 0.25) is 0 Å². The molecule has 1 aromatic carbocycles. The molecular weight excluding hydrogens is 289 g/mol. The van der Waals surface area contributed by atoms with E-state index in [-0.39, 0.29) is 5.82 Å². The van der Waals surface area contributed by atoms with Gasteiger partial charge in [0.25, 0.3) is 0 Å². The van der Waals surface area contributed by atoms with Gasteiger partial charge in [-0.15, -0.1) is 0 Å². The van der Waals surface area contributed by atoms with Crippen LogP contribution in [0.4, 0.5) is 4.39 Å². The molecule has 0 unspecified atom stereocenters. The zero-order chi connectivity index (χ0) is 16.6. The summed E-state index contributed by atoms with van der Waals surface area (Å²) in [6.45, 7) is 5.14. The molecule has 0 radical (unpaired) electrons. The van der Waals surface area contributed by atoms with Gasteiger partial charge in [-0.3, -0.25) is 0 Å². The van der Waals surface area contributed by atoms with Crippen LogP contribution in [-0.2, 0) is 11.3 Å². The van der Waals surface area contributed by atoms with Crippen molar-refractivity contribution >= 4 is 0 Å². The molecule has 0 heterocycles. The van der Waals surface area contributed by atoms with Crippen LogP contribution in [0, 0.1) is 5.82 Å². The number of nitrogens with one attached hydrogen (secondary N) is 1. The van der Waals surface area contributed by atoms with Crippen LogP contribution >= 0.6 is 0 Å². The van der Waals surface area contributed by atoms with Gasteiger partial charge < -0.3 is 10.1 Å². The van der Waals surface area contributed by atoms with Crippen molar-refractivity contribution in [3.63, 3.8) is 0 Å². The minimum absolute atomic E-state index is 0.143. The minimum atomic E-state index is -0.143. The number of hydrogen-bond donors (Lipinski definition) is 1. The minimum Gasteiger partial charge on any atom is -0.380 e. The highest BCUT2D eigenvalue weighted by Gasteiger charge is 1.99. The number of rotatable bonds is 15.